The molecule has 94 valence electrons. The summed E-state index contributed by atoms with van der Waals surface area (Å²) in [6.45, 7) is 3.56. The summed E-state index contributed by atoms with van der Waals surface area (Å²) in [5.74, 6) is -0.680. The van der Waals surface area contributed by atoms with E-state index in [1.807, 2.05) is 6.92 Å². The molecule has 1 unspecified atom stereocenters. The molecule has 4 heteroatoms. The summed E-state index contributed by atoms with van der Waals surface area (Å²) in [5, 5.41) is 0.0333. The first-order valence-electron chi connectivity index (χ1n) is 5.46. The standard InChI is InChI=1S/C13H16ClFO2/c1-4-13(2,17-3)11(16)8-9-6-5-7-10(14)12(9)15/h5-7H,4,8H2,1-3H3. The van der Waals surface area contributed by atoms with E-state index in [0.29, 0.717) is 12.0 Å². The molecular formula is C13H16ClFO2. The maximum Gasteiger partial charge on any atom is 0.168 e. The van der Waals surface area contributed by atoms with E-state index in [4.69, 9.17) is 16.3 Å². The molecule has 0 aliphatic heterocycles. The van der Waals surface area contributed by atoms with Gasteiger partial charge in [0, 0.05) is 13.5 Å². The second-order valence-corrected chi connectivity index (χ2v) is 4.51. The SMILES string of the molecule is CCC(C)(OC)C(=O)Cc1cccc(Cl)c1F. The van der Waals surface area contributed by atoms with Gasteiger partial charge in [-0.1, -0.05) is 30.7 Å². The van der Waals surface area contributed by atoms with E-state index in [9.17, 15) is 9.18 Å². The number of rotatable bonds is 5. The third-order valence-corrected chi connectivity index (χ3v) is 3.39. The molecule has 0 N–H and O–H groups in total. The first kappa shape index (κ1) is 14.1. The monoisotopic (exact) mass is 258 g/mol. The summed E-state index contributed by atoms with van der Waals surface area (Å²) in [4.78, 5) is 12.0. The third kappa shape index (κ3) is 3.05. The van der Waals surface area contributed by atoms with Gasteiger partial charge in [-0.25, -0.2) is 4.39 Å². The molecule has 0 saturated carbocycles. The molecule has 0 spiro atoms. The molecule has 0 fully saturated rings. The maximum absolute atomic E-state index is 13.6. The number of methoxy groups -OCH3 is 1. The van der Waals surface area contributed by atoms with Crippen LogP contribution in [0.1, 0.15) is 25.8 Å². The predicted octanol–water partition coefficient (Wildman–Crippen LogP) is 3.41. The molecule has 0 radical (unpaired) electrons. The number of ether oxygens (including phenoxy) is 1. The van der Waals surface area contributed by atoms with Gasteiger partial charge in [0.05, 0.1) is 5.02 Å². The molecule has 2 nitrogen and oxygen atoms in total. The van der Waals surface area contributed by atoms with Crippen molar-refractivity contribution in [2.45, 2.75) is 32.3 Å². The molecule has 1 atom stereocenters. The van der Waals surface area contributed by atoms with Crippen LogP contribution in [0.4, 0.5) is 4.39 Å². The lowest BCUT2D eigenvalue weighted by atomic mass is 9.92. The van der Waals surface area contributed by atoms with Crippen molar-refractivity contribution in [3.8, 4) is 0 Å². The van der Waals surface area contributed by atoms with Gasteiger partial charge in [0.25, 0.3) is 0 Å². The molecule has 1 rings (SSSR count). The number of benzene rings is 1. The Morgan fingerprint density at radius 1 is 1.53 bits per heavy atom. The minimum atomic E-state index is -0.866. The molecule has 0 aromatic heterocycles. The van der Waals surface area contributed by atoms with Gasteiger partial charge in [-0.05, 0) is 25.0 Å². The Morgan fingerprint density at radius 2 is 2.18 bits per heavy atom. The number of ketones is 1. The predicted molar refractivity (Wildman–Crippen MR) is 65.8 cm³/mol. The second-order valence-electron chi connectivity index (χ2n) is 4.10. The van der Waals surface area contributed by atoms with Crippen molar-refractivity contribution < 1.29 is 13.9 Å². The Bertz CT molecular complexity index is 414. The number of hydrogen-bond acceptors (Lipinski definition) is 2. The average molecular weight is 259 g/mol. The van der Waals surface area contributed by atoms with Crippen molar-refractivity contribution in [3.63, 3.8) is 0 Å². The van der Waals surface area contributed by atoms with Crippen molar-refractivity contribution in [1.82, 2.24) is 0 Å². The molecule has 1 aromatic rings. The Kier molecular flexibility index (Phi) is 4.66. The maximum atomic E-state index is 13.6. The highest BCUT2D eigenvalue weighted by atomic mass is 35.5. The molecule has 17 heavy (non-hydrogen) atoms. The van der Waals surface area contributed by atoms with Crippen LogP contribution in [0.25, 0.3) is 0 Å². The first-order valence-corrected chi connectivity index (χ1v) is 5.83. The topological polar surface area (TPSA) is 26.3 Å². The van der Waals surface area contributed by atoms with Gasteiger partial charge in [0.2, 0.25) is 0 Å². The highest BCUT2D eigenvalue weighted by molar-refractivity contribution is 6.30. The van der Waals surface area contributed by atoms with Crippen molar-refractivity contribution in [1.29, 1.82) is 0 Å². The van der Waals surface area contributed by atoms with E-state index >= 15 is 0 Å². The smallest absolute Gasteiger partial charge is 0.168 e. The Hall–Kier alpha value is -0.930. The quantitative estimate of drug-likeness (QED) is 0.809. The molecule has 0 bridgehead atoms. The van der Waals surface area contributed by atoms with Crippen LogP contribution in [0.5, 0.6) is 0 Å². The Balaban J connectivity index is 2.92. The van der Waals surface area contributed by atoms with Crippen molar-refractivity contribution in [3.05, 3.63) is 34.6 Å². The zero-order chi connectivity index (χ0) is 13.1. The zero-order valence-electron chi connectivity index (χ0n) is 10.2. The van der Waals surface area contributed by atoms with Gasteiger partial charge in [-0.15, -0.1) is 0 Å². The van der Waals surface area contributed by atoms with Crippen LogP contribution in [0.3, 0.4) is 0 Å². The van der Waals surface area contributed by atoms with E-state index in [1.165, 1.54) is 13.2 Å². The van der Waals surface area contributed by atoms with Crippen molar-refractivity contribution in [2.24, 2.45) is 0 Å². The molecule has 0 heterocycles. The fourth-order valence-corrected chi connectivity index (χ4v) is 1.69. The van der Waals surface area contributed by atoms with Gasteiger partial charge in [0.1, 0.15) is 11.4 Å². The van der Waals surface area contributed by atoms with Crippen LogP contribution in [0, 0.1) is 5.82 Å². The average Bonchev–Trinajstić information content (AvgIpc) is 2.33. The van der Waals surface area contributed by atoms with Gasteiger partial charge >= 0.3 is 0 Å². The van der Waals surface area contributed by atoms with Crippen LogP contribution in [0.2, 0.25) is 5.02 Å². The lowest BCUT2D eigenvalue weighted by Gasteiger charge is -2.25. The summed E-state index contributed by atoms with van der Waals surface area (Å²) in [6, 6.07) is 4.65. The lowest BCUT2D eigenvalue weighted by Crippen LogP contribution is -2.38. The molecule has 0 saturated heterocycles. The van der Waals surface area contributed by atoms with Crippen molar-refractivity contribution >= 4 is 17.4 Å². The van der Waals surface area contributed by atoms with E-state index in [0.717, 1.165) is 0 Å². The van der Waals surface area contributed by atoms with Gasteiger partial charge in [-0.3, -0.25) is 4.79 Å². The van der Waals surface area contributed by atoms with Crippen LogP contribution in [-0.2, 0) is 16.0 Å². The van der Waals surface area contributed by atoms with Gasteiger partial charge < -0.3 is 4.74 Å². The van der Waals surface area contributed by atoms with Gasteiger partial charge in [0.15, 0.2) is 5.78 Å². The van der Waals surface area contributed by atoms with Gasteiger partial charge in [-0.2, -0.15) is 0 Å². The Labute approximate surface area is 106 Å². The van der Waals surface area contributed by atoms with Crippen LogP contribution in [0.15, 0.2) is 18.2 Å². The summed E-state index contributed by atoms with van der Waals surface area (Å²) in [6.07, 6.45) is 0.537. The normalized spacial score (nSPS) is 14.4. The highest BCUT2D eigenvalue weighted by Gasteiger charge is 2.31. The number of halogens is 2. The number of carbonyl (C=O) groups excluding carboxylic acids is 1. The van der Waals surface area contributed by atoms with E-state index in [2.05, 4.69) is 0 Å². The molecule has 0 aliphatic carbocycles. The van der Waals surface area contributed by atoms with E-state index in [1.54, 1.807) is 19.1 Å². The fraction of sp³-hybridized carbons (Fsp3) is 0.462. The summed E-state index contributed by atoms with van der Waals surface area (Å²) >= 11 is 5.66. The van der Waals surface area contributed by atoms with Crippen LogP contribution in [-0.4, -0.2) is 18.5 Å². The number of Topliss-reactive ketones (excluding diaryl/α,β-unsaturated/α-hetero) is 1. The van der Waals surface area contributed by atoms with Crippen molar-refractivity contribution in [2.75, 3.05) is 7.11 Å². The fourth-order valence-electron chi connectivity index (χ4n) is 1.50. The molecule has 0 aliphatic rings. The van der Waals surface area contributed by atoms with Crippen LogP contribution < -0.4 is 0 Å². The van der Waals surface area contributed by atoms with Crippen LogP contribution >= 0.6 is 11.6 Å². The van der Waals surface area contributed by atoms with E-state index in [-0.39, 0.29) is 17.2 Å². The number of hydrogen-bond donors (Lipinski definition) is 0. The minimum absolute atomic E-state index is 0.00935. The lowest BCUT2D eigenvalue weighted by molar-refractivity contribution is -0.138. The summed E-state index contributed by atoms with van der Waals surface area (Å²) in [5.41, 5.74) is -0.561. The second kappa shape index (κ2) is 5.61. The zero-order valence-corrected chi connectivity index (χ0v) is 11.0. The Morgan fingerprint density at radius 3 is 2.71 bits per heavy atom. The molecule has 0 amide bonds. The molecular weight excluding hydrogens is 243 g/mol. The largest absolute Gasteiger partial charge is 0.371 e. The summed E-state index contributed by atoms with van der Waals surface area (Å²) < 4.78 is 18.8. The third-order valence-electron chi connectivity index (χ3n) is 3.10. The minimum Gasteiger partial charge on any atom is -0.371 e. The number of carbonyl (C=O) groups is 1. The summed E-state index contributed by atoms with van der Waals surface area (Å²) in [7, 11) is 1.48. The first-order chi connectivity index (χ1) is 7.94. The van der Waals surface area contributed by atoms with E-state index < -0.39 is 11.4 Å². The highest BCUT2D eigenvalue weighted by Crippen LogP contribution is 2.22. The molecule has 1 aromatic carbocycles.